The van der Waals surface area contributed by atoms with Gasteiger partial charge in [-0.25, -0.2) is 0 Å². The number of rotatable bonds is 6. The molecule has 6 nitrogen and oxygen atoms in total. The van der Waals surface area contributed by atoms with Gasteiger partial charge in [-0.3, -0.25) is 19.4 Å². The van der Waals surface area contributed by atoms with Crippen molar-refractivity contribution >= 4 is 28.7 Å². The van der Waals surface area contributed by atoms with E-state index >= 15 is 0 Å². The van der Waals surface area contributed by atoms with Crippen molar-refractivity contribution in [1.82, 2.24) is 14.7 Å². The van der Waals surface area contributed by atoms with Crippen molar-refractivity contribution in [3.63, 3.8) is 0 Å². The summed E-state index contributed by atoms with van der Waals surface area (Å²) < 4.78 is 5.37. The van der Waals surface area contributed by atoms with Gasteiger partial charge in [0.25, 0.3) is 11.8 Å². The van der Waals surface area contributed by atoms with Crippen molar-refractivity contribution in [1.29, 1.82) is 0 Å². The van der Waals surface area contributed by atoms with Crippen LogP contribution in [0.1, 0.15) is 24.1 Å². The fraction of sp³-hybridized carbons (Fsp3) is 0.579. The maximum Gasteiger partial charge on any atom is 0.277 e. The Morgan fingerprint density at radius 2 is 1.77 bits per heavy atom. The molecule has 140 valence electrons. The van der Waals surface area contributed by atoms with Gasteiger partial charge in [0.05, 0.1) is 18.8 Å². The van der Waals surface area contributed by atoms with E-state index in [0.29, 0.717) is 17.8 Å². The van der Waals surface area contributed by atoms with Crippen LogP contribution >= 0.6 is 11.3 Å². The monoisotopic (exact) mass is 375 g/mol. The summed E-state index contributed by atoms with van der Waals surface area (Å²) in [4.78, 5) is 32.9. The van der Waals surface area contributed by atoms with Crippen LogP contribution in [0.4, 0.5) is 0 Å². The van der Waals surface area contributed by atoms with Gasteiger partial charge in [-0.05, 0) is 30.7 Å². The minimum Gasteiger partial charge on any atom is -0.379 e. The Bertz CT molecular complexity index is 689. The second-order valence-corrected chi connectivity index (χ2v) is 7.91. The zero-order chi connectivity index (χ0) is 17.9. The zero-order valence-electron chi connectivity index (χ0n) is 15.0. The molecule has 0 atom stereocenters. The highest BCUT2D eigenvalue weighted by atomic mass is 32.1. The number of hydrogen-bond donors (Lipinski definition) is 0. The van der Waals surface area contributed by atoms with E-state index in [4.69, 9.17) is 4.74 Å². The number of likely N-dealkylation sites (tertiary alicyclic amines) is 1. The average Bonchev–Trinajstić information content (AvgIpc) is 3.39. The topological polar surface area (TPSA) is 53.1 Å². The molecule has 4 rings (SSSR count). The fourth-order valence-corrected chi connectivity index (χ4v) is 4.68. The van der Waals surface area contributed by atoms with Crippen LogP contribution in [0.15, 0.2) is 23.2 Å². The summed E-state index contributed by atoms with van der Waals surface area (Å²) in [6.07, 6.45) is 2.97. The maximum atomic E-state index is 13.1. The van der Waals surface area contributed by atoms with Crippen LogP contribution in [0, 0.1) is 0 Å². The Balaban J connectivity index is 1.48. The SMILES string of the molecule is O=C1C(c2cccs2)=C(N2CCCC2)C(=O)N1CCCN1CCOCC1. The maximum absolute atomic E-state index is 13.1. The summed E-state index contributed by atoms with van der Waals surface area (Å²) in [6.45, 7) is 6.51. The average molecular weight is 375 g/mol. The molecule has 0 radical (unpaired) electrons. The first-order chi connectivity index (χ1) is 12.8. The molecule has 0 aliphatic carbocycles. The van der Waals surface area contributed by atoms with E-state index in [-0.39, 0.29) is 11.8 Å². The summed E-state index contributed by atoms with van der Waals surface area (Å²) in [5.74, 6) is -0.233. The second kappa shape index (κ2) is 7.90. The molecule has 2 fully saturated rings. The highest BCUT2D eigenvalue weighted by Crippen LogP contribution is 2.35. The highest BCUT2D eigenvalue weighted by Gasteiger charge is 2.42. The zero-order valence-corrected chi connectivity index (χ0v) is 15.8. The van der Waals surface area contributed by atoms with Crippen molar-refractivity contribution in [3.05, 3.63) is 28.1 Å². The Morgan fingerprint density at radius 3 is 2.46 bits per heavy atom. The predicted molar refractivity (Wildman–Crippen MR) is 101 cm³/mol. The van der Waals surface area contributed by atoms with E-state index < -0.39 is 0 Å². The summed E-state index contributed by atoms with van der Waals surface area (Å²) >= 11 is 1.53. The van der Waals surface area contributed by atoms with Gasteiger partial charge >= 0.3 is 0 Å². The van der Waals surface area contributed by atoms with Crippen molar-refractivity contribution in [2.24, 2.45) is 0 Å². The van der Waals surface area contributed by atoms with Crippen LogP contribution in [0.2, 0.25) is 0 Å². The molecule has 1 aromatic rings. The van der Waals surface area contributed by atoms with Gasteiger partial charge in [-0.2, -0.15) is 0 Å². The van der Waals surface area contributed by atoms with E-state index in [1.54, 1.807) is 0 Å². The molecule has 0 saturated carbocycles. The molecular formula is C19H25N3O3S. The lowest BCUT2D eigenvalue weighted by molar-refractivity contribution is -0.137. The number of amides is 2. The molecule has 0 bridgehead atoms. The largest absolute Gasteiger partial charge is 0.379 e. The number of hydrogen-bond acceptors (Lipinski definition) is 6. The minimum atomic E-state index is -0.124. The molecule has 0 aromatic carbocycles. The van der Waals surface area contributed by atoms with E-state index in [2.05, 4.69) is 9.80 Å². The number of morpholine rings is 1. The Morgan fingerprint density at radius 1 is 1.00 bits per heavy atom. The molecule has 0 spiro atoms. The van der Waals surface area contributed by atoms with Crippen molar-refractivity contribution < 1.29 is 14.3 Å². The van der Waals surface area contributed by atoms with Gasteiger partial charge in [0.15, 0.2) is 0 Å². The molecule has 0 N–H and O–H groups in total. The number of carbonyl (C=O) groups excluding carboxylic acids is 2. The summed E-state index contributed by atoms with van der Waals surface area (Å²) in [5.41, 5.74) is 1.24. The third-order valence-electron chi connectivity index (χ3n) is 5.29. The minimum absolute atomic E-state index is 0.109. The first-order valence-corrected chi connectivity index (χ1v) is 10.3. The van der Waals surface area contributed by atoms with Crippen molar-refractivity contribution in [2.75, 3.05) is 52.5 Å². The van der Waals surface area contributed by atoms with Crippen LogP contribution < -0.4 is 0 Å². The van der Waals surface area contributed by atoms with Gasteiger partial charge in [0.2, 0.25) is 0 Å². The number of ether oxygens (including phenoxy) is 1. The molecule has 3 aliphatic rings. The van der Waals surface area contributed by atoms with E-state index in [1.165, 1.54) is 16.2 Å². The standard InChI is InChI=1S/C19H25N3O3S/c23-18-16(15-5-3-14-26-15)17(21-7-1-2-8-21)19(24)22(18)9-4-6-20-10-12-25-13-11-20/h3,5,14H,1-2,4,6-13H2. The summed E-state index contributed by atoms with van der Waals surface area (Å²) in [6, 6.07) is 3.88. The smallest absolute Gasteiger partial charge is 0.277 e. The number of thiophene rings is 1. The quantitative estimate of drug-likeness (QED) is 0.708. The lowest BCUT2D eigenvalue weighted by Gasteiger charge is -2.27. The van der Waals surface area contributed by atoms with E-state index in [9.17, 15) is 9.59 Å². The summed E-state index contributed by atoms with van der Waals surface area (Å²) in [5, 5.41) is 1.96. The van der Waals surface area contributed by atoms with Crippen LogP contribution in [-0.4, -0.2) is 79.0 Å². The lowest BCUT2D eigenvalue weighted by Crippen LogP contribution is -2.40. The summed E-state index contributed by atoms with van der Waals surface area (Å²) in [7, 11) is 0. The van der Waals surface area contributed by atoms with Crippen molar-refractivity contribution in [2.45, 2.75) is 19.3 Å². The first kappa shape index (κ1) is 17.7. The number of imide groups is 1. The second-order valence-electron chi connectivity index (χ2n) is 6.96. The highest BCUT2D eigenvalue weighted by molar-refractivity contribution is 7.11. The Kier molecular flexibility index (Phi) is 5.38. The molecule has 0 unspecified atom stereocenters. The van der Waals surface area contributed by atoms with Gasteiger partial charge in [0.1, 0.15) is 5.70 Å². The van der Waals surface area contributed by atoms with Crippen LogP contribution in [0.3, 0.4) is 0 Å². The Hall–Kier alpha value is -1.70. The molecule has 7 heteroatoms. The third-order valence-corrected chi connectivity index (χ3v) is 6.18. The fourth-order valence-electron chi connectivity index (χ4n) is 3.92. The first-order valence-electron chi connectivity index (χ1n) is 9.45. The predicted octanol–water partition coefficient (Wildman–Crippen LogP) is 1.65. The van der Waals surface area contributed by atoms with Gasteiger partial charge < -0.3 is 9.64 Å². The van der Waals surface area contributed by atoms with Crippen LogP contribution in [0.5, 0.6) is 0 Å². The molecule has 4 heterocycles. The molecule has 26 heavy (non-hydrogen) atoms. The number of nitrogens with zero attached hydrogens (tertiary/aromatic N) is 3. The van der Waals surface area contributed by atoms with Gasteiger partial charge in [-0.15, -0.1) is 11.3 Å². The lowest BCUT2D eigenvalue weighted by atomic mass is 10.2. The van der Waals surface area contributed by atoms with Gasteiger partial charge in [0, 0.05) is 44.1 Å². The van der Waals surface area contributed by atoms with E-state index in [0.717, 1.165) is 70.1 Å². The normalized spacial score (nSPS) is 22.2. The van der Waals surface area contributed by atoms with E-state index in [1.807, 2.05) is 17.5 Å². The van der Waals surface area contributed by atoms with Crippen molar-refractivity contribution in [3.8, 4) is 0 Å². The molecule has 2 saturated heterocycles. The molecule has 1 aromatic heterocycles. The molecule has 2 amide bonds. The molecule has 3 aliphatic heterocycles. The molecular weight excluding hydrogens is 350 g/mol. The van der Waals surface area contributed by atoms with Crippen LogP contribution in [-0.2, 0) is 14.3 Å². The van der Waals surface area contributed by atoms with Gasteiger partial charge in [-0.1, -0.05) is 6.07 Å². The number of carbonyl (C=O) groups is 2. The Labute approximate surface area is 158 Å². The third kappa shape index (κ3) is 3.43. The van der Waals surface area contributed by atoms with Crippen LogP contribution in [0.25, 0.3) is 5.57 Å².